The van der Waals surface area contributed by atoms with E-state index >= 15 is 0 Å². The van der Waals surface area contributed by atoms with Gasteiger partial charge in [-0.1, -0.05) is 55.3 Å². The molecule has 2 aliphatic rings. The van der Waals surface area contributed by atoms with Crippen LogP contribution in [0.2, 0.25) is 0 Å². The third-order valence-corrected chi connectivity index (χ3v) is 8.47. The van der Waals surface area contributed by atoms with E-state index in [0.717, 1.165) is 31.8 Å². The monoisotopic (exact) mass is 490 g/mol. The number of aryl methyl sites for hydroxylation is 2. The molecule has 0 unspecified atom stereocenters. The zero-order valence-corrected chi connectivity index (χ0v) is 21.1. The first-order chi connectivity index (χ1) is 15.4. The number of nitrogens with one attached hydrogen (secondary N) is 2. The number of aliphatic imine (C=N–C) groups is 1. The van der Waals surface area contributed by atoms with Gasteiger partial charge in [0.1, 0.15) is 5.84 Å². The Labute approximate surface area is 204 Å². The Morgan fingerprint density at radius 3 is 2.30 bits per heavy atom. The predicted octanol–water partition coefficient (Wildman–Crippen LogP) is 3.68. The molecule has 2 N–H and O–H groups in total. The van der Waals surface area contributed by atoms with Gasteiger partial charge in [-0.15, -0.1) is 12.4 Å². The fourth-order valence-electron chi connectivity index (χ4n) is 4.60. The molecule has 8 heteroatoms. The van der Waals surface area contributed by atoms with Crippen LogP contribution in [0, 0.1) is 6.92 Å². The summed E-state index contributed by atoms with van der Waals surface area (Å²) in [6, 6.07) is 15.9. The summed E-state index contributed by atoms with van der Waals surface area (Å²) in [5.41, 5.74) is 3.36. The largest absolute Gasteiger partial charge is 0.368 e. The average Bonchev–Trinajstić information content (AvgIpc) is 2.81. The standard InChI is InChI=1S/C25H34N4O2S.ClH/c1-3-4-21-9-11-23(12-10-21)32(30,31)29-17-13-25(14-18-29)24(26-15-16-28-25)27-19-22-7-5-20(2)6-8-22;/h5-12,28H,3-4,13-19H2,1-2H3,(H,26,27);1H. The van der Waals surface area contributed by atoms with E-state index in [1.54, 1.807) is 16.4 Å². The lowest BCUT2D eigenvalue weighted by Crippen LogP contribution is -2.64. The van der Waals surface area contributed by atoms with Gasteiger partial charge >= 0.3 is 0 Å². The van der Waals surface area contributed by atoms with Crippen molar-refractivity contribution in [3.63, 3.8) is 0 Å². The Morgan fingerprint density at radius 1 is 1.03 bits per heavy atom. The summed E-state index contributed by atoms with van der Waals surface area (Å²) in [7, 11) is -3.48. The summed E-state index contributed by atoms with van der Waals surface area (Å²) in [6.07, 6.45) is 3.44. The molecule has 1 fully saturated rings. The SMILES string of the molecule is CCCc1ccc(S(=O)(=O)N2CCC3(CC2)NCCN=C3NCc2ccc(C)cc2)cc1.Cl. The summed E-state index contributed by atoms with van der Waals surface area (Å²) < 4.78 is 28.0. The number of nitrogens with zero attached hydrogens (tertiary/aromatic N) is 2. The number of rotatable bonds is 6. The van der Waals surface area contributed by atoms with E-state index < -0.39 is 10.0 Å². The predicted molar refractivity (Wildman–Crippen MR) is 137 cm³/mol. The molecule has 0 saturated carbocycles. The zero-order valence-electron chi connectivity index (χ0n) is 19.5. The summed E-state index contributed by atoms with van der Waals surface area (Å²) in [4.78, 5) is 5.17. The smallest absolute Gasteiger partial charge is 0.243 e. The van der Waals surface area contributed by atoms with Gasteiger partial charge in [-0.2, -0.15) is 4.31 Å². The molecule has 4 rings (SSSR count). The Bertz CT molecular complexity index is 1040. The number of piperidine rings is 1. The first-order valence-corrected chi connectivity index (χ1v) is 13.1. The topological polar surface area (TPSA) is 73.8 Å². The van der Waals surface area contributed by atoms with E-state index in [2.05, 4.69) is 48.7 Å². The molecule has 6 nitrogen and oxygen atoms in total. The second kappa shape index (κ2) is 11.0. The van der Waals surface area contributed by atoms with Crippen LogP contribution in [0.4, 0.5) is 0 Å². The van der Waals surface area contributed by atoms with Gasteiger partial charge < -0.3 is 10.6 Å². The van der Waals surface area contributed by atoms with Gasteiger partial charge in [-0.05, 0) is 49.4 Å². The van der Waals surface area contributed by atoms with Crippen LogP contribution in [-0.4, -0.2) is 50.3 Å². The van der Waals surface area contributed by atoms with Gasteiger partial charge in [-0.25, -0.2) is 8.42 Å². The van der Waals surface area contributed by atoms with Crippen molar-refractivity contribution >= 4 is 28.3 Å². The van der Waals surface area contributed by atoms with Crippen molar-refractivity contribution in [2.45, 2.75) is 56.5 Å². The van der Waals surface area contributed by atoms with Crippen LogP contribution < -0.4 is 10.6 Å². The molecule has 2 heterocycles. The van der Waals surface area contributed by atoms with Crippen LogP contribution in [0.5, 0.6) is 0 Å². The Hall–Kier alpha value is -1.93. The molecular weight excluding hydrogens is 456 g/mol. The zero-order chi connectivity index (χ0) is 22.6. The van der Waals surface area contributed by atoms with Crippen LogP contribution in [-0.2, 0) is 23.0 Å². The number of halogens is 1. The summed E-state index contributed by atoms with van der Waals surface area (Å²) in [5.74, 6) is 0.963. The average molecular weight is 491 g/mol. The highest BCUT2D eigenvalue weighted by Crippen LogP contribution is 2.29. The first-order valence-electron chi connectivity index (χ1n) is 11.6. The number of hydrogen-bond acceptors (Lipinski definition) is 5. The Kier molecular flexibility index (Phi) is 8.56. The molecule has 0 amide bonds. The lowest BCUT2D eigenvalue weighted by atomic mass is 9.85. The van der Waals surface area contributed by atoms with Crippen LogP contribution in [0.3, 0.4) is 0 Å². The van der Waals surface area contributed by atoms with E-state index in [4.69, 9.17) is 4.99 Å². The molecule has 0 radical (unpaired) electrons. The quantitative estimate of drug-likeness (QED) is 0.647. The van der Waals surface area contributed by atoms with E-state index in [1.165, 1.54) is 16.7 Å². The molecule has 2 aromatic carbocycles. The van der Waals surface area contributed by atoms with Crippen molar-refractivity contribution in [3.8, 4) is 0 Å². The van der Waals surface area contributed by atoms with Gasteiger partial charge in [0.2, 0.25) is 10.0 Å². The second-order valence-corrected chi connectivity index (χ2v) is 10.8. The Morgan fingerprint density at radius 2 is 1.67 bits per heavy atom. The minimum Gasteiger partial charge on any atom is -0.368 e. The Balaban J connectivity index is 0.00000306. The molecule has 1 saturated heterocycles. The third kappa shape index (κ3) is 5.77. The molecule has 0 atom stereocenters. The first kappa shape index (κ1) is 25.7. The van der Waals surface area contributed by atoms with Crippen molar-refractivity contribution in [2.75, 3.05) is 26.2 Å². The van der Waals surface area contributed by atoms with E-state index in [9.17, 15) is 8.42 Å². The van der Waals surface area contributed by atoms with Crippen LogP contribution >= 0.6 is 12.4 Å². The van der Waals surface area contributed by atoms with Gasteiger partial charge in [0.05, 0.1) is 17.0 Å². The lowest BCUT2D eigenvalue weighted by molar-refractivity contribution is 0.241. The van der Waals surface area contributed by atoms with Crippen molar-refractivity contribution in [3.05, 3.63) is 65.2 Å². The molecule has 0 aliphatic carbocycles. The second-order valence-electron chi connectivity index (χ2n) is 8.88. The minimum atomic E-state index is -3.48. The minimum absolute atomic E-state index is 0. The number of benzene rings is 2. The van der Waals surface area contributed by atoms with Crippen molar-refractivity contribution in [1.29, 1.82) is 0 Å². The highest BCUT2D eigenvalue weighted by atomic mass is 35.5. The maximum Gasteiger partial charge on any atom is 0.243 e. The summed E-state index contributed by atoms with van der Waals surface area (Å²) in [5, 5.41) is 7.19. The molecule has 0 bridgehead atoms. The van der Waals surface area contributed by atoms with Gasteiger partial charge in [0.25, 0.3) is 0 Å². The molecule has 180 valence electrons. The van der Waals surface area contributed by atoms with Crippen molar-refractivity contribution in [2.24, 2.45) is 4.99 Å². The number of sulfonamides is 1. The highest BCUT2D eigenvalue weighted by molar-refractivity contribution is 7.89. The summed E-state index contributed by atoms with van der Waals surface area (Å²) >= 11 is 0. The number of hydrogen-bond donors (Lipinski definition) is 2. The summed E-state index contributed by atoms with van der Waals surface area (Å²) in [6.45, 7) is 7.46. The molecular formula is C25H35ClN4O2S. The fourth-order valence-corrected chi connectivity index (χ4v) is 6.04. The van der Waals surface area contributed by atoms with E-state index in [-0.39, 0.29) is 17.9 Å². The molecule has 33 heavy (non-hydrogen) atoms. The maximum absolute atomic E-state index is 13.2. The molecule has 1 spiro atoms. The van der Waals surface area contributed by atoms with Gasteiger partial charge in [0, 0.05) is 26.2 Å². The maximum atomic E-state index is 13.2. The number of amidine groups is 1. The lowest BCUT2D eigenvalue weighted by Gasteiger charge is -2.44. The van der Waals surface area contributed by atoms with Gasteiger partial charge in [0.15, 0.2) is 0 Å². The van der Waals surface area contributed by atoms with Crippen LogP contribution in [0.15, 0.2) is 58.4 Å². The fraction of sp³-hybridized carbons (Fsp3) is 0.480. The van der Waals surface area contributed by atoms with E-state index in [0.29, 0.717) is 37.4 Å². The molecule has 2 aromatic rings. The van der Waals surface area contributed by atoms with Crippen LogP contribution in [0.25, 0.3) is 0 Å². The third-order valence-electron chi connectivity index (χ3n) is 6.55. The highest BCUT2D eigenvalue weighted by Gasteiger charge is 2.43. The molecule has 2 aliphatic heterocycles. The normalized spacial score (nSPS) is 18.4. The van der Waals surface area contributed by atoms with Crippen molar-refractivity contribution < 1.29 is 8.42 Å². The molecule has 0 aromatic heterocycles. The van der Waals surface area contributed by atoms with Crippen molar-refractivity contribution in [1.82, 2.24) is 14.9 Å². The van der Waals surface area contributed by atoms with E-state index in [1.807, 2.05) is 12.1 Å². The van der Waals surface area contributed by atoms with Crippen LogP contribution in [0.1, 0.15) is 42.9 Å². The van der Waals surface area contributed by atoms with Gasteiger partial charge in [-0.3, -0.25) is 4.99 Å².